The van der Waals surface area contributed by atoms with Crippen molar-refractivity contribution >= 4 is 50.7 Å². The quantitative estimate of drug-likeness (QED) is 0.250. The van der Waals surface area contributed by atoms with Gasteiger partial charge in [0.1, 0.15) is 12.6 Å². The number of hydrogen-bond donors (Lipinski definition) is 1. The Morgan fingerprint density at radius 2 is 1.49 bits per heavy atom. The number of anilines is 1. The van der Waals surface area contributed by atoms with Crippen LogP contribution in [0.2, 0.25) is 10.0 Å². The van der Waals surface area contributed by atoms with E-state index in [0.29, 0.717) is 22.0 Å². The van der Waals surface area contributed by atoms with Crippen LogP contribution in [0.5, 0.6) is 0 Å². The molecule has 220 valence electrons. The monoisotopic (exact) mass is 617 g/mol. The van der Waals surface area contributed by atoms with Gasteiger partial charge in [0.15, 0.2) is 0 Å². The summed E-state index contributed by atoms with van der Waals surface area (Å²) in [6.45, 7) is 8.87. The second-order valence-corrected chi connectivity index (χ2v) is 12.9. The number of carbonyl (C=O) groups is 2. The summed E-state index contributed by atoms with van der Waals surface area (Å²) in [4.78, 5) is 29.0. The van der Waals surface area contributed by atoms with Crippen LogP contribution in [0.4, 0.5) is 5.69 Å². The maximum absolute atomic E-state index is 14.2. The van der Waals surface area contributed by atoms with E-state index in [1.165, 1.54) is 23.1 Å². The van der Waals surface area contributed by atoms with Crippen molar-refractivity contribution in [3.63, 3.8) is 0 Å². The van der Waals surface area contributed by atoms with Crippen molar-refractivity contribution in [3.8, 4) is 0 Å². The lowest BCUT2D eigenvalue weighted by Crippen LogP contribution is -2.53. The molecule has 1 N–H and O–H groups in total. The number of rotatable bonds is 12. The number of sulfonamides is 1. The molecule has 3 aromatic rings. The Bertz CT molecular complexity index is 1460. The van der Waals surface area contributed by atoms with Gasteiger partial charge in [-0.15, -0.1) is 0 Å². The highest BCUT2D eigenvalue weighted by Crippen LogP contribution is 2.30. The van der Waals surface area contributed by atoms with Gasteiger partial charge in [-0.1, -0.05) is 72.9 Å². The molecule has 2 atom stereocenters. The summed E-state index contributed by atoms with van der Waals surface area (Å²) in [6.07, 6.45) is 1.06. The van der Waals surface area contributed by atoms with Gasteiger partial charge in [0.05, 0.1) is 10.6 Å². The molecule has 0 unspecified atom stereocenters. The third-order valence-electron chi connectivity index (χ3n) is 6.98. The Balaban J connectivity index is 2.10. The van der Waals surface area contributed by atoms with Crippen LogP contribution in [0.3, 0.4) is 0 Å². The van der Waals surface area contributed by atoms with Crippen molar-refractivity contribution in [2.75, 3.05) is 10.8 Å². The smallest absolute Gasteiger partial charge is 0.264 e. The summed E-state index contributed by atoms with van der Waals surface area (Å²) in [5.41, 5.74) is 2.57. The lowest BCUT2D eigenvalue weighted by Gasteiger charge is -2.34. The number of nitrogens with one attached hydrogen (secondary N) is 1. The Kier molecular flexibility index (Phi) is 11.2. The van der Waals surface area contributed by atoms with Crippen LogP contribution in [-0.4, -0.2) is 43.8 Å². The Morgan fingerprint density at radius 1 is 0.878 bits per heavy atom. The highest BCUT2D eigenvalue weighted by molar-refractivity contribution is 7.92. The fourth-order valence-corrected chi connectivity index (χ4v) is 6.11. The Morgan fingerprint density at radius 3 is 2.07 bits per heavy atom. The van der Waals surface area contributed by atoms with E-state index in [4.69, 9.17) is 23.2 Å². The van der Waals surface area contributed by atoms with Crippen molar-refractivity contribution in [2.45, 2.75) is 71.0 Å². The first-order valence-electron chi connectivity index (χ1n) is 13.6. The zero-order valence-electron chi connectivity index (χ0n) is 24.0. The first-order chi connectivity index (χ1) is 19.4. The molecule has 0 aliphatic heterocycles. The van der Waals surface area contributed by atoms with Crippen LogP contribution in [0.25, 0.3) is 0 Å². The molecular formula is C31H37Cl2N3O4S. The van der Waals surface area contributed by atoms with Gasteiger partial charge >= 0.3 is 0 Å². The number of halogens is 2. The third-order valence-corrected chi connectivity index (χ3v) is 9.24. The van der Waals surface area contributed by atoms with Crippen molar-refractivity contribution in [2.24, 2.45) is 0 Å². The molecule has 3 aromatic carbocycles. The predicted molar refractivity (Wildman–Crippen MR) is 166 cm³/mol. The van der Waals surface area contributed by atoms with E-state index < -0.39 is 28.5 Å². The van der Waals surface area contributed by atoms with Crippen molar-refractivity contribution in [3.05, 3.63) is 93.5 Å². The van der Waals surface area contributed by atoms with Gasteiger partial charge in [0.25, 0.3) is 10.0 Å². The molecule has 0 heterocycles. The lowest BCUT2D eigenvalue weighted by molar-refractivity contribution is -0.140. The molecule has 0 radical (unpaired) electrons. The molecule has 0 fully saturated rings. The molecule has 0 spiro atoms. The van der Waals surface area contributed by atoms with Crippen LogP contribution in [0, 0.1) is 13.8 Å². The van der Waals surface area contributed by atoms with Crippen molar-refractivity contribution in [1.82, 2.24) is 10.2 Å². The largest absolute Gasteiger partial charge is 0.352 e. The van der Waals surface area contributed by atoms with E-state index in [0.717, 1.165) is 21.9 Å². The average molecular weight is 619 g/mol. The van der Waals surface area contributed by atoms with Gasteiger partial charge in [-0.2, -0.15) is 0 Å². The van der Waals surface area contributed by atoms with Crippen molar-refractivity contribution < 1.29 is 18.0 Å². The standard InChI is InChI=1S/C31H37Cl2N3O4S/c1-6-23(5)34-31(38)28(7-2)35(19-24-11-14-25(32)15-12-24)30(37)20-36(29-18-26(33)13-10-22(29)4)41(39,40)27-16-8-21(3)9-17-27/h8-18,23,28H,6-7,19-20H2,1-5H3,(H,34,38)/t23-,28-/m1/s1. The second kappa shape index (κ2) is 14.2. The summed E-state index contributed by atoms with van der Waals surface area (Å²) in [7, 11) is -4.18. The Labute approximate surface area is 253 Å². The average Bonchev–Trinajstić information content (AvgIpc) is 2.94. The lowest BCUT2D eigenvalue weighted by atomic mass is 10.1. The number of nitrogens with zero attached hydrogens (tertiary/aromatic N) is 2. The zero-order chi connectivity index (χ0) is 30.3. The Hall–Kier alpha value is -3.07. The van der Waals surface area contributed by atoms with Crippen LogP contribution in [0.1, 0.15) is 50.3 Å². The van der Waals surface area contributed by atoms with Gasteiger partial charge in [0.2, 0.25) is 11.8 Å². The van der Waals surface area contributed by atoms with Gasteiger partial charge in [-0.3, -0.25) is 13.9 Å². The van der Waals surface area contributed by atoms with Gasteiger partial charge in [-0.25, -0.2) is 8.42 Å². The summed E-state index contributed by atoms with van der Waals surface area (Å²) in [6, 6.07) is 17.4. The minimum absolute atomic E-state index is 0.0427. The first-order valence-corrected chi connectivity index (χ1v) is 15.8. The van der Waals surface area contributed by atoms with E-state index in [-0.39, 0.29) is 29.1 Å². The van der Waals surface area contributed by atoms with Crippen LogP contribution in [-0.2, 0) is 26.2 Å². The maximum Gasteiger partial charge on any atom is 0.264 e. The number of amides is 2. The van der Waals surface area contributed by atoms with Crippen LogP contribution >= 0.6 is 23.2 Å². The minimum Gasteiger partial charge on any atom is -0.352 e. The van der Waals surface area contributed by atoms with E-state index in [2.05, 4.69) is 5.32 Å². The normalized spacial score (nSPS) is 12.9. The molecule has 0 bridgehead atoms. The first kappa shape index (κ1) is 32.4. The van der Waals surface area contributed by atoms with E-state index in [1.54, 1.807) is 55.5 Å². The fraction of sp³-hybridized carbons (Fsp3) is 0.355. The SMILES string of the molecule is CC[C@@H](C)NC(=O)[C@@H](CC)N(Cc1ccc(Cl)cc1)C(=O)CN(c1cc(Cl)ccc1C)S(=O)(=O)c1ccc(C)cc1. The molecule has 0 aromatic heterocycles. The molecular weight excluding hydrogens is 581 g/mol. The predicted octanol–water partition coefficient (Wildman–Crippen LogP) is 6.53. The summed E-state index contributed by atoms with van der Waals surface area (Å²) >= 11 is 12.4. The number of carbonyl (C=O) groups excluding carboxylic acids is 2. The molecule has 0 saturated carbocycles. The third kappa shape index (κ3) is 8.24. The molecule has 0 aliphatic carbocycles. The van der Waals surface area contributed by atoms with E-state index in [1.807, 2.05) is 27.7 Å². The van der Waals surface area contributed by atoms with Crippen LogP contribution in [0.15, 0.2) is 71.6 Å². The van der Waals surface area contributed by atoms with E-state index >= 15 is 0 Å². The highest BCUT2D eigenvalue weighted by atomic mass is 35.5. The molecule has 3 rings (SSSR count). The maximum atomic E-state index is 14.2. The summed E-state index contributed by atoms with van der Waals surface area (Å²) in [5, 5.41) is 3.85. The molecule has 2 amide bonds. The van der Waals surface area contributed by atoms with Gasteiger partial charge < -0.3 is 10.2 Å². The minimum atomic E-state index is -4.18. The number of aryl methyl sites for hydroxylation is 2. The van der Waals surface area contributed by atoms with Gasteiger partial charge in [0, 0.05) is 22.6 Å². The topological polar surface area (TPSA) is 86.8 Å². The molecule has 10 heteroatoms. The van der Waals surface area contributed by atoms with Crippen molar-refractivity contribution in [1.29, 1.82) is 0 Å². The fourth-order valence-electron chi connectivity index (χ4n) is 4.35. The van der Waals surface area contributed by atoms with E-state index in [9.17, 15) is 18.0 Å². The molecule has 7 nitrogen and oxygen atoms in total. The summed E-state index contributed by atoms with van der Waals surface area (Å²) in [5.74, 6) is -0.822. The zero-order valence-corrected chi connectivity index (χ0v) is 26.4. The summed E-state index contributed by atoms with van der Waals surface area (Å²) < 4.78 is 29.2. The molecule has 0 aliphatic rings. The number of hydrogen-bond acceptors (Lipinski definition) is 4. The highest BCUT2D eigenvalue weighted by Gasteiger charge is 2.34. The van der Waals surface area contributed by atoms with Crippen LogP contribution < -0.4 is 9.62 Å². The second-order valence-electron chi connectivity index (χ2n) is 10.1. The molecule has 41 heavy (non-hydrogen) atoms. The number of benzene rings is 3. The van der Waals surface area contributed by atoms with Gasteiger partial charge in [-0.05, 0) is 81.1 Å². The molecule has 0 saturated heterocycles.